The number of carbonyl (C=O) groups is 2. The van der Waals surface area contributed by atoms with Gasteiger partial charge in [0, 0.05) is 22.2 Å². The molecule has 0 bridgehead atoms. The summed E-state index contributed by atoms with van der Waals surface area (Å²) < 4.78 is 31.0. The highest BCUT2D eigenvalue weighted by Crippen LogP contribution is 2.44. The van der Waals surface area contributed by atoms with E-state index < -0.39 is 29.3 Å². The van der Waals surface area contributed by atoms with Gasteiger partial charge in [-0.15, -0.1) is 0 Å². The number of Topliss-reactive ketones (excluding diaryl/α,β-unsaturated/α-hetero) is 1. The third-order valence-electron chi connectivity index (χ3n) is 6.70. The van der Waals surface area contributed by atoms with E-state index in [2.05, 4.69) is 0 Å². The lowest BCUT2D eigenvalue weighted by Crippen LogP contribution is -2.31. The van der Waals surface area contributed by atoms with Gasteiger partial charge in [-0.3, -0.25) is 14.5 Å². The molecule has 204 valence electrons. The molecule has 1 aromatic heterocycles. The number of amides is 1. The second-order valence-electron chi connectivity index (χ2n) is 9.27. The zero-order valence-electron chi connectivity index (χ0n) is 21.5. The highest BCUT2D eigenvalue weighted by atomic mass is 35.5. The number of nitrogens with zero attached hydrogens (tertiary/aromatic N) is 1. The number of hydrogen-bond donors (Lipinski definition) is 1. The van der Waals surface area contributed by atoms with Gasteiger partial charge in [-0.1, -0.05) is 41.9 Å². The van der Waals surface area contributed by atoms with Gasteiger partial charge in [0.15, 0.2) is 22.9 Å². The summed E-state index contributed by atoms with van der Waals surface area (Å²) >= 11 is 6.19. The van der Waals surface area contributed by atoms with Crippen molar-refractivity contribution in [2.45, 2.75) is 6.04 Å². The molecule has 5 aromatic rings. The summed E-state index contributed by atoms with van der Waals surface area (Å²) in [5, 5.41) is 12.0. The molecular formula is C32H21ClFNO6. The van der Waals surface area contributed by atoms with Crippen LogP contribution in [0.2, 0.25) is 5.02 Å². The Kier molecular flexibility index (Phi) is 6.69. The number of fused-ring (bicyclic) bond motifs is 1. The minimum Gasteiger partial charge on any atom is -0.503 e. The van der Waals surface area contributed by atoms with Crippen LogP contribution in [-0.4, -0.2) is 23.9 Å². The maximum absolute atomic E-state index is 14.0. The second kappa shape index (κ2) is 10.5. The van der Waals surface area contributed by atoms with Gasteiger partial charge in [0.25, 0.3) is 5.91 Å². The number of para-hydroxylation sites is 1. The van der Waals surface area contributed by atoms with Crippen molar-refractivity contribution in [2.75, 3.05) is 12.0 Å². The van der Waals surface area contributed by atoms with E-state index in [1.807, 2.05) is 18.2 Å². The summed E-state index contributed by atoms with van der Waals surface area (Å²) in [6.07, 6.45) is 0. The highest BCUT2D eigenvalue weighted by molar-refractivity contribution is 6.31. The van der Waals surface area contributed by atoms with Crippen molar-refractivity contribution in [2.24, 2.45) is 0 Å². The lowest BCUT2D eigenvalue weighted by Gasteiger charge is -2.27. The van der Waals surface area contributed by atoms with Crippen molar-refractivity contribution >= 4 is 39.9 Å². The molecule has 0 fully saturated rings. The molecule has 0 aliphatic carbocycles. The molecule has 0 spiro atoms. The number of benzene rings is 4. The summed E-state index contributed by atoms with van der Waals surface area (Å²) in [4.78, 5) is 28.7. The van der Waals surface area contributed by atoms with Crippen molar-refractivity contribution in [3.63, 3.8) is 0 Å². The fourth-order valence-electron chi connectivity index (χ4n) is 4.88. The van der Waals surface area contributed by atoms with E-state index in [-0.39, 0.29) is 22.6 Å². The summed E-state index contributed by atoms with van der Waals surface area (Å²) in [5.74, 6) is -1.55. The number of methoxy groups -OCH3 is 1. The molecule has 0 radical (unpaired) electrons. The van der Waals surface area contributed by atoms with Gasteiger partial charge >= 0.3 is 0 Å². The van der Waals surface area contributed by atoms with E-state index in [9.17, 15) is 19.1 Å². The molecule has 1 unspecified atom stereocenters. The van der Waals surface area contributed by atoms with Crippen molar-refractivity contribution in [3.8, 4) is 17.2 Å². The Morgan fingerprint density at radius 1 is 0.951 bits per heavy atom. The molecular weight excluding hydrogens is 549 g/mol. The maximum Gasteiger partial charge on any atom is 0.294 e. The number of carbonyl (C=O) groups excluding carboxylic acids is 2. The monoisotopic (exact) mass is 569 g/mol. The second-order valence-corrected chi connectivity index (χ2v) is 9.71. The quantitative estimate of drug-likeness (QED) is 0.201. The zero-order valence-corrected chi connectivity index (χ0v) is 22.3. The number of ketones is 1. The van der Waals surface area contributed by atoms with Crippen LogP contribution in [0.1, 0.15) is 22.2 Å². The molecule has 1 aliphatic heterocycles. The van der Waals surface area contributed by atoms with Gasteiger partial charge < -0.3 is 19.0 Å². The number of rotatable bonds is 7. The molecule has 1 atom stereocenters. The van der Waals surface area contributed by atoms with Crippen molar-refractivity contribution in [3.05, 3.63) is 131 Å². The molecule has 0 saturated heterocycles. The zero-order chi connectivity index (χ0) is 28.7. The standard InChI is InChI=1S/C32H21ClFNO6/c1-39-26-17-20(33)14-19-16-25(41-31(19)26)29(36)27-28(35(32(38)30(27)37)22-12-10-21(34)11-13-22)18-6-5-9-24(15-18)40-23-7-3-2-4-8-23/h2-17,28,37H,1H3. The third-order valence-corrected chi connectivity index (χ3v) is 6.92. The van der Waals surface area contributed by atoms with E-state index in [0.29, 0.717) is 33.2 Å². The Morgan fingerprint density at radius 2 is 1.68 bits per heavy atom. The van der Waals surface area contributed by atoms with Crippen molar-refractivity contribution in [1.29, 1.82) is 0 Å². The van der Waals surface area contributed by atoms with E-state index in [0.717, 1.165) is 0 Å². The molecule has 41 heavy (non-hydrogen) atoms. The summed E-state index contributed by atoms with van der Waals surface area (Å²) in [6, 6.07) is 24.7. The molecule has 2 heterocycles. The smallest absolute Gasteiger partial charge is 0.294 e. The van der Waals surface area contributed by atoms with Crippen LogP contribution in [0.5, 0.6) is 17.2 Å². The van der Waals surface area contributed by atoms with E-state index in [4.69, 9.17) is 25.5 Å². The Hall–Kier alpha value is -5.08. The number of hydrogen-bond acceptors (Lipinski definition) is 6. The first-order valence-electron chi connectivity index (χ1n) is 12.5. The number of halogens is 2. The number of ether oxygens (including phenoxy) is 2. The average molecular weight is 570 g/mol. The van der Waals surface area contributed by atoms with Crippen LogP contribution in [0.3, 0.4) is 0 Å². The van der Waals surface area contributed by atoms with Crippen LogP contribution in [0.15, 0.2) is 113 Å². The van der Waals surface area contributed by atoms with Gasteiger partial charge in [-0.05, 0) is 66.2 Å². The molecule has 7 nitrogen and oxygen atoms in total. The minimum absolute atomic E-state index is 0.127. The number of aliphatic hydroxyl groups is 1. The van der Waals surface area contributed by atoms with Crippen LogP contribution in [-0.2, 0) is 4.79 Å². The average Bonchev–Trinajstić information content (AvgIpc) is 3.52. The van der Waals surface area contributed by atoms with E-state index in [1.165, 1.54) is 42.3 Å². The first kappa shape index (κ1) is 26.2. The molecule has 1 N–H and O–H groups in total. The normalized spacial score (nSPS) is 15.0. The number of aliphatic hydroxyl groups excluding tert-OH is 1. The highest BCUT2D eigenvalue weighted by Gasteiger charge is 2.45. The third kappa shape index (κ3) is 4.79. The van der Waals surface area contributed by atoms with E-state index in [1.54, 1.807) is 48.5 Å². The van der Waals surface area contributed by atoms with Gasteiger partial charge in [0.2, 0.25) is 5.78 Å². The molecule has 1 aliphatic rings. The fraction of sp³-hybridized carbons (Fsp3) is 0.0625. The summed E-state index contributed by atoms with van der Waals surface area (Å²) in [7, 11) is 1.44. The molecule has 9 heteroatoms. The van der Waals surface area contributed by atoms with Gasteiger partial charge in [-0.25, -0.2) is 4.39 Å². The Balaban J connectivity index is 1.47. The summed E-state index contributed by atoms with van der Waals surface area (Å²) in [6.45, 7) is 0. The Labute approximate surface area is 238 Å². The summed E-state index contributed by atoms with van der Waals surface area (Å²) in [5.41, 5.74) is 0.832. The first-order chi connectivity index (χ1) is 19.8. The molecule has 1 amide bonds. The number of furan rings is 1. The molecule has 6 rings (SSSR count). The van der Waals surface area contributed by atoms with Gasteiger partial charge in [-0.2, -0.15) is 0 Å². The Bertz CT molecular complexity index is 1830. The van der Waals surface area contributed by atoms with Crippen LogP contribution in [0.4, 0.5) is 10.1 Å². The SMILES string of the molecule is COc1cc(Cl)cc2cc(C(=O)C3=C(O)C(=O)N(c4ccc(F)cc4)C3c3cccc(Oc4ccccc4)c3)oc12. The van der Waals surface area contributed by atoms with Crippen molar-refractivity contribution < 1.29 is 33.0 Å². The predicted molar refractivity (Wildman–Crippen MR) is 151 cm³/mol. The lowest BCUT2D eigenvalue weighted by molar-refractivity contribution is -0.117. The first-order valence-corrected chi connectivity index (χ1v) is 12.9. The predicted octanol–water partition coefficient (Wildman–Crippen LogP) is 7.81. The van der Waals surface area contributed by atoms with Gasteiger partial charge in [0.05, 0.1) is 18.7 Å². The molecule has 4 aromatic carbocycles. The van der Waals surface area contributed by atoms with Crippen molar-refractivity contribution in [1.82, 2.24) is 0 Å². The van der Waals surface area contributed by atoms with Crippen LogP contribution < -0.4 is 14.4 Å². The largest absolute Gasteiger partial charge is 0.503 e. The minimum atomic E-state index is -1.08. The fourth-order valence-corrected chi connectivity index (χ4v) is 5.09. The number of anilines is 1. The maximum atomic E-state index is 14.0. The van der Waals surface area contributed by atoms with E-state index >= 15 is 0 Å². The topological polar surface area (TPSA) is 89.2 Å². The van der Waals surface area contributed by atoms with Crippen LogP contribution in [0, 0.1) is 5.82 Å². The lowest BCUT2D eigenvalue weighted by atomic mass is 9.94. The van der Waals surface area contributed by atoms with Gasteiger partial charge in [0.1, 0.15) is 17.3 Å². The van der Waals surface area contributed by atoms with Crippen LogP contribution in [0.25, 0.3) is 11.0 Å². The Morgan fingerprint density at radius 3 is 2.41 bits per heavy atom. The molecule has 0 saturated carbocycles. The van der Waals surface area contributed by atoms with Crippen LogP contribution >= 0.6 is 11.6 Å².